The predicted octanol–water partition coefficient (Wildman–Crippen LogP) is 4.22. The van der Waals surface area contributed by atoms with Gasteiger partial charge in [-0.05, 0) is 102 Å². The molecule has 0 spiro atoms. The first kappa shape index (κ1) is 47.9. The van der Waals surface area contributed by atoms with Crippen LogP contribution >= 0.6 is 0 Å². The lowest BCUT2D eigenvalue weighted by Crippen LogP contribution is -2.63. The third-order valence-electron chi connectivity index (χ3n) is 13.4. The van der Waals surface area contributed by atoms with Crippen LogP contribution < -0.4 is 0 Å². The molecule has 0 aromatic heterocycles. The second-order valence-electron chi connectivity index (χ2n) is 18.0. The van der Waals surface area contributed by atoms with Crippen molar-refractivity contribution in [3.63, 3.8) is 0 Å². The summed E-state index contributed by atoms with van der Waals surface area (Å²) in [5.41, 5.74) is 1.61. The summed E-state index contributed by atoms with van der Waals surface area (Å²) in [6.45, 7) is 12.6. The van der Waals surface area contributed by atoms with E-state index in [0.29, 0.717) is 63.4 Å². The lowest BCUT2D eigenvalue weighted by molar-refractivity contribution is -0.294. The Bertz CT molecular complexity index is 1500. The van der Waals surface area contributed by atoms with Gasteiger partial charge in [-0.25, -0.2) is 4.79 Å². The lowest BCUT2D eigenvalue weighted by Gasteiger charge is -2.47. The summed E-state index contributed by atoms with van der Waals surface area (Å²) < 4.78 is 18.3. The first-order valence-electron chi connectivity index (χ1n) is 21.5. The molecule has 2 bridgehead atoms. The van der Waals surface area contributed by atoms with Crippen LogP contribution in [0.15, 0.2) is 36.0 Å². The van der Waals surface area contributed by atoms with Gasteiger partial charge in [0.25, 0.3) is 11.7 Å². The highest BCUT2D eigenvalue weighted by Crippen LogP contribution is 2.40. The van der Waals surface area contributed by atoms with Gasteiger partial charge in [-0.1, -0.05) is 44.6 Å². The maximum absolute atomic E-state index is 14.3. The number of allylic oxidation sites excluding steroid dienone is 4. The number of esters is 1. The molecule has 13 heteroatoms. The zero-order valence-corrected chi connectivity index (χ0v) is 35.6. The van der Waals surface area contributed by atoms with Crippen LogP contribution in [0.5, 0.6) is 0 Å². The summed E-state index contributed by atoms with van der Waals surface area (Å²) in [7, 11) is 1.51. The third-order valence-corrected chi connectivity index (χ3v) is 13.4. The molecular weight excluding hydrogens is 746 g/mol. The van der Waals surface area contributed by atoms with E-state index < -0.39 is 83.7 Å². The van der Waals surface area contributed by atoms with Gasteiger partial charge in [0.15, 0.2) is 0 Å². The monoisotopic (exact) mass is 817 g/mol. The van der Waals surface area contributed by atoms with Crippen molar-refractivity contribution >= 4 is 23.4 Å². The fraction of sp³-hybridized carbons (Fsp3) is 0.778. The van der Waals surface area contributed by atoms with Gasteiger partial charge in [0, 0.05) is 62.9 Å². The van der Waals surface area contributed by atoms with E-state index in [0.717, 1.165) is 10.5 Å². The SMILES string of the molecule is C=CC[C@@H]1C=C(C)C[C@H](C)CC[C@H](OC)[C@H]2O[C@@](O)(C(=O)C(=O)N3CCCC[C@H]3C(=O)O[C@H](C(C)=C[C@@H]3CC[C@@H](O)[C@H](CO)C3)[C@H](C)[C@@H](O)CC1=O)[C@H](C)C[C@@H]2CO. The van der Waals surface area contributed by atoms with E-state index in [1.807, 2.05) is 19.1 Å². The Kier molecular flexibility index (Phi) is 17.9. The van der Waals surface area contributed by atoms with Crippen LogP contribution in [0.25, 0.3) is 0 Å². The number of ketones is 2. The minimum atomic E-state index is -2.54. The highest BCUT2D eigenvalue weighted by Gasteiger charge is 2.56. The number of piperidine rings is 1. The molecule has 0 aromatic carbocycles. The standard InChI is InChI=1S/C45H71NO12/c1-8-11-32-19-27(3)18-26(2)13-16-39(56-7)41-34(25-48)21-29(5)45(55,58-41)42(52)43(53)46-17-10-9-12-35(46)44(54)57-40(30(6)37(50)23-38(32)51)28(4)20-31-14-15-36(49)33(22-31)24-47/h8,19-20,26,29-37,39-41,47-50,55H,1,9-18,21-25H2,2-7H3/t26-,29-,30-,31+,32-,33+,34-,35+,36-,37+,39+,40-,41+,45-/m1/s1. The van der Waals surface area contributed by atoms with Gasteiger partial charge in [-0.2, -0.15) is 0 Å². The van der Waals surface area contributed by atoms with Gasteiger partial charge in [-0.3, -0.25) is 14.4 Å². The summed E-state index contributed by atoms with van der Waals surface area (Å²) in [6.07, 6.45) is 6.25. The smallest absolute Gasteiger partial charge is 0.329 e. The van der Waals surface area contributed by atoms with Crippen molar-refractivity contribution in [1.82, 2.24) is 4.90 Å². The van der Waals surface area contributed by atoms with Crippen LogP contribution in [0.3, 0.4) is 0 Å². The van der Waals surface area contributed by atoms with Gasteiger partial charge in [0.05, 0.1) is 24.4 Å². The maximum Gasteiger partial charge on any atom is 0.329 e. The van der Waals surface area contributed by atoms with E-state index in [9.17, 15) is 44.7 Å². The van der Waals surface area contributed by atoms with Crippen molar-refractivity contribution in [3.8, 4) is 0 Å². The minimum Gasteiger partial charge on any atom is -0.456 e. The Morgan fingerprint density at radius 1 is 0.966 bits per heavy atom. The Balaban J connectivity index is 1.76. The van der Waals surface area contributed by atoms with Crippen molar-refractivity contribution < 1.29 is 58.9 Å². The Hall–Kier alpha value is -2.78. The average molecular weight is 818 g/mol. The molecule has 0 aromatic rings. The van der Waals surface area contributed by atoms with E-state index in [-0.39, 0.29) is 62.6 Å². The number of hydrogen-bond donors (Lipinski definition) is 5. The number of rotatable bonds is 7. The van der Waals surface area contributed by atoms with Crippen LogP contribution in [0.4, 0.5) is 0 Å². The number of carbonyl (C=O) groups excluding carboxylic acids is 4. The predicted molar refractivity (Wildman–Crippen MR) is 217 cm³/mol. The van der Waals surface area contributed by atoms with E-state index in [4.69, 9.17) is 14.2 Å². The number of aliphatic hydroxyl groups is 5. The topological polar surface area (TPSA) is 200 Å². The van der Waals surface area contributed by atoms with Crippen molar-refractivity contribution in [3.05, 3.63) is 36.0 Å². The Morgan fingerprint density at radius 3 is 2.33 bits per heavy atom. The van der Waals surface area contributed by atoms with E-state index in [1.54, 1.807) is 26.8 Å². The number of ether oxygens (including phenoxy) is 3. The molecule has 0 radical (unpaired) electrons. The number of fused-ring (bicyclic) bond motifs is 3. The molecule has 3 aliphatic heterocycles. The lowest BCUT2D eigenvalue weighted by atomic mass is 9.78. The molecule has 3 heterocycles. The molecule has 3 fully saturated rings. The normalized spacial score (nSPS) is 39.8. The fourth-order valence-corrected chi connectivity index (χ4v) is 9.77. The van der Waals surface area contributed by atoms with E-state index in [1.165, 1.54) is 7.11 Å². The molecule has 14 atom stereocenters. The Labute approximate surface area is 344 Å². The number of Topliss-reactive ketones (excluding diaryl/α,β-unsaturated/α-hetero) is 2. The van der Waals surface area contributed by atoms with Gasteiger partial charge < -0.3 is 44.6 Å². The van der Waals surface area contributed by atoms with Crippen molar-refractivity contribution in [2.75, 3.05) is 26.9 Å². The van der Waals surface area contributed by atoms with E-state index >= 15 is 0 Å². The molecule has 1 aliphatic carbocycles. The summed E-state index contributed by atoms with van der Waals surface area (Å²) in [4.78, 5) is 57.7. The average Bonchev–Trinajstić information content (AvgIpc) is 3.20. The summed E-state index contributed by atoms with van der Waals surface area (Å²) in [6, 6.07) is -1.17. The van der Waals surface area contributed by atoms with E-state index in [2.05, 4.69) is 13.5 Å². The van der Waals surface area contributed by atoms with Gasteiger partial charge in [0.1, 0.15) is 17.9 Å². The minimum absolute atomic E-state index is 0.0531. The highest BCUT2D eigenvalue weighted by molar-refractivity contribution is 6.39. The molecule has 1 saturated carbocycles. The molecule has 5 N–H and O–H groups in total. The Morgan fingerprint density at radius 2 is 1.67 bits per heavy atom. The largest absolute Gasteiger partial charge is 0.456 e. The molecule has 1 amide bonds. The number of cyclic esters (lactones) is 1. The maximum atomic E-state index is 14.3. The van der Waals surface area contributed by atoms with Crippen LogP contribution in [0.1, 0.15) is 112 Å². The first-order valence-corrected chi connectivity index (χ1v) is 21.5. The zero-order valence-electron chi connectivity index (χ0n) is 35.6. The second kappa shape index (κ2) is 21.7. The molecular formula is C45H71NO12. The summed E-state index contributed by atoms with van der Waals surface area (Å²) >= 11 is 0. The zero-order chi connectivity index (χ0) is 42.9. The third kappa shape index (κ3) is 11.5. The highest BCUT2D eigenvalue weighted by atomic mass is 16.7. The quantitative estimate of drug-likeness (QED) is 0.140. The number of carbonyl (C=O) groups is 4. The van der Waals surface area contributed by atoms with Crippen LogP contribution in [-0.2, 0) is 33.4 Å². The fourth-order valence-electron chi connectivity index (χ4n) is 9.77. The first-order chi connectivity index (χ1) is 27.5. The van der Waals surface area contributed by atoms with Crippen molar-refractivity contribution in [2.45, 2.75) is 154 Å². The van der Waals surface area contributed by atoms with Gasteiger partial charge in [-0.15, -0.1) is 6.58 Å². The van der Waals surface area contributed by atoms with Crippen LogP contribution in [0.2, 0.25) is 0 Å². The summed E-state index contributed by atoms with van der Waals surface area (Å²) in [5.74, 6) is -8.64. The van der Waals surface area contributed by atoms with Gasteiger partial charge >= 0.3 is 5.97 Å². The second-order valence-corrected chi connectivity index (χ2v) is 18.0. The van der Waals surface area contributed by atoms with Crippen molar-refractivity contribution in [2.24, 2.45) is 41.4 Å². The molecule has 0 unspecified atom stereocenters. The molecule has 2 saturated heterocycles. The number of aliphatic hydroxyl groups excluding tert-OH is 4. The number of methoxy groups -OCH3 is 1. The number of amides is 1. The molecule has 328 valence electrons. The summed E-state index contributed by atoms with van der Waals surface area (Å²) in [5, 5.41) is 54.4. The molecule has 13 nitrogen and oxygen atoms in total. The van der Waals surface area contributed by atoms with Crippen molar-refractivity contribution in [1.29, 1.82) is 0 Å². The number of hydrogen-bond acceptors (Lipinski definition) is 12. The van der Waals surface area contributed by atoms with Gasteiger partial charge in [0.2, 0.25) is 5.79 Å². The molecule has 4 aliphatic rings. The number of nitrogens with zero attached hydrogens (tertiary/aromatic N) is 1. The molecule has 4 rings (SSSR count). The van der Waals surface area contributed by atoms with Crippen LogP contribution in [-0.4, -0.2) is 123 Å². The molecule has 58 heavy (non-hydrogen) atoms. The van der Waals surface area contributed by atoms with Crippen LogP contribution in [0, 0.1) is 41.4 Å².